The minimum absolute atomic E-state index is 0.0495. The van der Waals surface area contributed by atoms with E-state index in [1.165, 1.54) is 0 Å². The molecule has 3 rings (SSSR count). The molecule has 0 aliphatic carbocycles. The number of benzene rings is 1. The van der Waals surface area contributed by atoms with Crippen LogP contribution >= 0.6 is 0 Å². The fourth-order valence-corrected chi connectivity index (χ4v) is 1.84. The second-order valence-electron chi connectivity index (χ2n) is 4.19. The Labute approximate surface area is 110 Å². The van der Waals surface area contributed by atoms with E-state index in [2.05, 4.69) is 10.3 Å². The Bertz CT molecular complexity index is 636. The van der Waals surface area contributed by atoms with Crippen LogP contribution in [0.5, 0.6) is 5.75 Å². The van der Waals surface area contributed by atoms with Gasteiger partial charge < -0.3 is 10.1 Å². The molecular formula is C15H12N2O2. The minimum atomic E-state index is -0.142. The van der Waals surface area contributed by atoms with Gasteiger partial charge in [0.25, 0.3) is 5.91 Å². The third kappa shape index (κ3) is 2.63. The summed E-state index contributed by atoms with van der Waals surface area (Å²) in [5.74, 6) is 0.466. The van der Waals surface area contributed by atoms with Gasteiger partial charge in [0.05, 0.1) is 17.6 Å². The normalized spacial score (nSPS) is 13.8. The van der Waals surface area contributed by atoms with Crippen LogP contribution in [0.2, 0.25) is 0 Å². The molecule has 94 valence electrons. The Kier molecular flexibility index (Phi) is 2.98. The van der Waals surface area contributed by atoms with E-state index in [1.807, 2.05) is 42.5 Å². The van der Waals surface area contributed by atoms with E-state index in [4.69, 9.17) is 4.74 Å². The summed E-state index contributed by atoms with van der Waals surface area (Å²) in [6, 6.07) is 11.8. The van der Waals surface area contributed by atoms with Gasteiger partial charge in [0.1, 0.15) is 0 Å². The third-order valence-corrected chi connectivity index (χ3v) is 2.77. The zero-order valence-corrected chi connectivity index (χ0v) is 10.2. The second-order valence-corrected chi connectivity index (χ2v) is 4.19. The van der Waals surface area contributed by atoms with Crippen LogP contribution in [0, 0.1) is 0 Å². The van der Waals surface area contributed by atoms with Crippen LogP contribution in [0.25, 0.3) is 12.2 Å². The molecule has 1 aliphatic heterocycles. The molecule has 1 N–H and O–H groups in total. The van der Waals surface area contributed by atoms with Crippen molar-refractivity contribution in [1.29, 1.82) is 0 Å². The largest absolute Gasteiger partial charge is 0.480 e. The number of hydrogen-bond donors (Lipinski definition) is 1. The summed E-state index contributed by atoms with van der Waals surface area (Å²) in [7, 11) is 0. The van der Waals surface area contributed by atoms with Gasteiger partial charge in [-0.05, 0) is 17.7 Å². The molecule has 4 heteroatoms. The molecule has 1 aromatic carbocycles. The maximum atomic E-state index is 11.2. The van der Waals surface area contributed by atoms with Gasteiger partial charge in [-0.15, -0.1) is 0 Å². The van der Waals surface area contributed by atoms with Gasteiger partial charge in [0.15, 0.2) is 12.4 Å². The predicted molar refractivity (Wildman–Crippen MR) is 73.7 cm³/mol. The topological polar surface area (TPSA) is 51.2 Å². The van der Waals surface area contributed by atoms with Crippen molar-refractivity contribution in [3.8, 4) is 5.75 Å². The van der Waals surface area contributed by atoms with Gasteiger partial charge in [0.2, 0.25) is 0 Å². The number of carbonyl (C=O) groups is 1. The van der Waals surface area contributed by atoms with Crippen molar-refractivity contribution in [2.45, 2.75) is 0 Å². The lowest BCUT2D eigenvalue weighted by molar-refractivity contribution is -0.118. The smallest absolute Gasteiger partial charge is 0.262 e. The second kappa shape index (κ2) is 4.94. The van der Waals surface area contributed by atoms with E-state index >= 15 is 0 Å². The number of hydrogen-bond acceptors (Lipinski definition) is 3. The first-order valence-corrected chi connectivity index (χ1v) is 5.97. The third-order valence-electron chi connectivity index (χ3n) is 2.77. The molecule has 1 aromatic heterocycles. The van der Waals surface area contributed by atoms with E-state index in [-0.39, 0.29) is 12.5 Å². The van der Waals surface area contributed by atoms with Crippen molar-refractivity contribution in [3.05, 3.63) is 53.9 Å². The summed E-state index contributed by atoms with van der Waals surface area (Å²) in [5.41, 5.74) is 2.54. The van der Waals surface area contributed by atoms with Crippen LogP contribution in [0.3, 0.4) is 0 Å². The standard InChI is InChI=1S/C15H12N2O2/c18-15-10-19-14-9-16-12(8-13(14)17-15)7-6-11-4-2-1-3-5-11/h1-9H,10H2,(H,17,18)/b7-6+. The van der Waals surface area contributed by atoms with Crippen molar-refractivity contribution in [2.24, 2.45) is 0 Å². The van der Waals surface area contributed by atoms with Crippen LogP contribution in [0.4, 0.5) is 5.69 Å². The molecule has 4 nitrogen and oxygen atoms in total. The Morgan fingerprint density at radius 2 is 2.05 bits per heavy atom. The maximum Gasteiger partial charge on any atom is 0.262 e. The van der Waals surface area contributed by atoms with E-state index in [9.17, 15) is 4.79 Å². The van der Waals surface area contributed by atoms with Crippen LogP contribution < -0.4 is 10.1 Å². The molecule has 1 aliphatic rings. The lowest BCUT2D eigenvalue weighted by Gasteiger charge is -2.17. The average molecular weight is 252 g/mol. The Morgan fingerprint density at radius 1 is 1.21 bits per heavy atom. The van der Waals surface area contributed by atoms with Gasteiger partial charge in [0, 0.05) is 0 Å². The number of amides is 1. The van der Waals surface area contributed by atoms with Gasteiger partial charge in [-0.2, -0.15) is 0 Å². The summed E-state index contributed by atoms with van der Waals surface area (Å²) < 4.78 is 5.25. The summed E-state index contributed by atoms with van der Waals surface area (Å²) in [5, 5.41) is 2.76. The van der Waals surface area contributed by atoms with E-state index < -0.39 is 0 Å². The SMILES string of the molecule is O=C1COc2cnc(/C=C/c3ccccc3)cc2N1. The first-order chi connectivity index (χ1) is 9.31. The minimum Gasteiger partial charge on any atom is -0.480 e. The van der Waals surface area contributed by atoms with Crippen molar-refractivity contribution < 1.29 is 9.53 Å². The van der Waals surface area contributed by atoms with Crippen LogP contribution in [0.15, 0.2) is 42.6 Å². The summed E-state index contributed by atoms with van der Waals surface area (Å²) >= 11 is 0. The molecular weight excluding hydrogens is 240 g/mol. The fraction of sp³-hybridized carbons (Fsp3) is 0.0667. The fourth-order valence-electron chi connectivity index (χ4n) is 1.84. The number of pyridine rings is 1. The lowest BCUT2D eigenvalue weighted by Crippen LogP contribution is -2.25. The van der Waals surface area contributed by atoms with Crippen molar-refractivity contribution >= 4 is 23.7 Å². The summed E-state index contributed by atoms with van der Waals surface area (Å²) in [4.78, 5) is 15.5. The lowest BCUT2D eigenvalue weighted by atomic mass is 10.2. The van der Waals surface area contributed by atoms with E-state index in [1.54, 1.807) is 12.3 Å². The molecule has 0 radical (unpaired) electrons. The van der Waals surface area contributed by atoms with Crippen LogP contribution in [-0.2, 0) is 4.79 Å². The highest BCUT2D eigenvalue weighted by atomic mass is 16.5. The molecule has 0 bridgehead atoms. The van der Waals surface area contributed by atoms with Gasteiger partial charge in [-0.1, -0.05) is 36.4 Å². The highest BCUT2D eigenvalue weighted by molar-refractivity contribution is 5.95. The first-order valence-electron chi connectivity index (χ1n) is 5.97. The Hall–Kier alpha value is -2.62. The number of nitrogens with one attached hydrogen (secondary N) is 1. The van der Waals surface area contributed by atoms with Gasteiger partial charge in [-0.25, -0.2) is 0 Å². The molecule has 0 unspecified atom stereocenters. The molecule has 0 atom stereocenters. The molecule has 2 heterocycles. The predicted octanol–water partition coefficient (Wildman–Crippen LogP) is 2.58. The maximum absolute atomic E-state index is 11.2. The highest BCUT2D eigenvalue weighted by Crippen LogP contribution is 2.27. The molecule has 1 amide bonds. The van der Waals surface area contributed by atoms with Crippen molar-refractivity contribution in [2.75, 3.05) is 11.9 Å². The molecule has 19 heavy (non-hydrogen) atoms. The highest BCUT2D eigenvalue weighted by Gasteiger charge is 2.15. The number of anilines is 1. The number of ether oxygens (including phenoxy) is 1. The number of rotatable bonds is 2. The van der Waals surface area contributed by atoms with Crippen LogP contribution in [0.1, 0.15) is 11.3 Å². The summed E-state index contributed by atoms with van der Waals surface area (Å²) in [6.07, 6.45) is 5.50. The average Bonchev–Trinajstić information content (AvgIpc) is 2.46. The molecule has 2 aromatic rings. The molecule has 0 fully saturated rings. The number of carbonyl (C=O) groups excluding carboxylic acids is 1. The van der Waals surface area contributed by atoms with Crippen molar-refractivity contribution in [1.82, 2.24) is 4.98 Å². The molecule has 0 saturated carbocycles. The van der Waals surface area contributed by atoms with Gasteiger partial charge in [-0.3, -0.25) is 9.78 Å². The number of nitrogens with zero attached hydrogens (tertiary/aromatic N) is 1. The zero-order chi connectivity index (χ0) is 13.1. The Balaban J connectivity index is 1.84. The van der Waals surface area contributed by atoms with E-state index in [0.717, 1.165) is 11.3 Å². The van der Waals surface area contributed by atoms with E-state index in [0.29, 0.717) is 11.4 Å². The van der Waals surface area contributed by atoms with Crippen LogP contribution in [-0.4, -0.2) is 17.5 Å². The quantitative estimate of drug-likeness (QED) is 0.893. The number of fused-ring (bicyclic) bond motifs is 1. The molecule has 0 spiro atoms. The first kappa shape index (κ1) is 11.5. The molecule has 0 saturated heterocycles. The number of aromatic nitrogens is 1. The monoisotopic (exact) mass is 252 g/mol. The van der Waals surface area contributed by atoms with Gasteiger partial charge >= 0.3 is 0 Å². The zero-order valence-electron chi connectivity index (χ0n) is 10.2. The van der Waals surface area contributed by atoms with Crippen molar-refractivity contribution in [3.63, 3.8) is 0 Å². The Morgan fingerprint density at radius 3 is 2.89 bits per heavy atom. The summed E-state index contributed by atoms with van der Waals surface area (Å²) in [6.45, 7) is 0.0495.